The van der Waals surface area contributed by atoms with E-state index in [2.05, 4.69) is 29.2 Å². The number of hydrogen-bond donors (Lipinski definition) is 1. The van der Waals surface area contributed by atoms with Crippen molar-refractivity contribution < 1.29 is 4.52 Å². The Hall–Kier alpha value is -1.33. The molecule has 0 aliphatic rings. The van der Waals surface area contributed by atoms with E-state index in [4.69, 9.17) is 10.3 Å². The van der Waals surface area contributed by atoms with E-state index in [0.29, 0.717) is 5.89 Å². The molecule has 1 heterocycles. The molecule has 0 aliphatic heterocycles. The second-order valence-electron chi connectivity index (χ2n) is 4.32. The molecule has 0 amide bonds. The summed E-state index contributed by atoms with van der Waals surface area (Å²) in [7, 11) is 0. The highest BCUT2D eigenvalue weighted by molar-refractivity contribution is 7.98. The van der Waals surface area contributed by atoms with Crippen LogP contribution in [-0.4, -0.2) is 15.9 Å². The molecule has 0 unspecified atom stereocenters. The number of nitrogens with zero attached hydrogens (tertiary/aromatic N) is 2. The number of thioether (sulfide) groups is 1. The quantitative estimate of drug-likeness (QED) is 0.843. The standard InChI is InChI=1S/C14H19N3OS/c1-2-19-10-13-16-14(18-17-13)12(15)9-8-11-6-4-3-5-7-11/h3-7,12H,2,8-10,15H2,1H3/t12-/m0/s1. The summed E-state index contributed by atoms with van der Waals surface area (Å²) in [6.07, 6.45) is 1.73. The van der Waals surface area contributed by atoms with Crippen LogP contribution in [0.5, 0.6) is 0 Å². The summed E-state index contributed by atoms with van der Waals surface area (Å²) in [6, 6.07) is 10.1. The van der Waals surface area contributed by atoms with Gasteiger partial charge in [-0.15, -0.1) is 0 Å². The summed E-state index contributed by atoms with van der Waals surface area (Å²) in [6.45, 7) is 2.11. The molecule has 0 bridgehead atoms. The summed E-state index contributed by atoms with van der Waals surface area (Å²) in [5, 5.41) is 3.94. The van der Waals surface area contributed by atoms with Crippen molar-refractivity contribution in [1.82, 2.24) is 10.1 Å². The molecule has 4 nitrogen and oxygen atoms in total. The van der Waals surface area contributed by atoms with Gasteiger partial charge in [-0.25, -0.2) is 0 Å². The van der Waals surface area contributed by atoms with Gasteiger partial charge in [0, 0.05) is 0 Å². The van der Waals surface area contributed by atoms with Crippen molar-refractivity contribution in [1.29, 1.82) is 0 Å². The number of benzene rings is 1. The first-order chi connectivity index (χ1) is 9.29. The minimum atomic E-state index is -0.187. The Morgan fingerprint density at radius 2 is 2.11 bits per heavy atom. The molecule has 1 atom stereocenters. The molecule has 0 aliphatic carbocycles. The van der Waals surface area contributed by atoms with E-state index in [1.807, 2.05) is 18.2 Å². The molecule has 102 valence electrons. The summed E-state index contributed by atoms with van der Waals surface area (Å²) in [4.78, 5) is 4.34. The zero-order valence-corrected chi connectivity index (χ0v) is 11.9. The SMILES string of the molecule is CCSCc1noc([C@@H](N)CCc2ccccc2)n1. The van der Waals surface area contributed by atoms with Gasteiger partial charge in [-0.1, -0.05) is 42.4 Å². The van der Waals surface area contributed by atoms with Crippen molar-refractivity contribution in [2.24, 2.45) is 5.73 Å². The van der Waals surface area contributed by atoms with Crippen LogP contribution in [0, 0.1) is 0 Å². The molecule has 0 saturated heterocycles. The highest BCUT2D eigenvalue weighted by Gasteiger charge is 2.14. The van der Waals surface area contributed by atoms with Crippen LogP contribution >= 0.6 is 11.8 Å². The van der Waals surface area contributed by atoms with E-state index < -0.39 is 0 Å². The second kappa shape index (κ2) is 7.31. The predicted octanol–water partition coefficient (Wildman–Crippen LogP) is 2.96. The molecule has 2 N–H and O–H groups in total. The monoisotopic (exact) mass is 277 g/mol. The van der Waals surface area contributed by atoms with Gasteiger partial charge < -0.3 is 10.3 Å². The lowest BCUT2D eigenvalue weighted by Gasteiger charge is -2.06. The first kappa shape index (κ1) is 14.1. The van der Waals surface area contributed by atoms with Crippen molar-refractivity contribution in [3.8, 4) is 0 Å². The lowest BCUT2D eigenvalue weighted by atomic mass is 10.1. The predicted molar refractivity (Wildman–Crippen MR) is 77.8 cm³/mol. The fraction of sp³-hybridized carbons (Fsp3) is 0.429. The van der Waals surface area contributed by atoms with Gasteiger partial charge in [-0.05, 0) is 24.2 Å². The fourth-order valence-electron chi connectivity index (χ4n) is 1.76. The van der Waals surface area contributed by atoms with Gasteiger partial charge in [0.25, 0.3) is 0 Å². The van der Waals surface area contributed by atoms with Crippen LogP contribution < -0.4 is 5.73 Å². The van der Waals surface area contributed by atoms with Crippen molar-refractivity contribution in [2.45, 2.75) is 31.6 Å². The molecule has 1 aromatic heterocycles. The Bertz CT molecular complexity index is 486. The van der Waals surface area contributed by atoms with E-state index in [1.54, 1.807) is 11.8 Å². The van der Waals surface area contributed by atoms with Gasteiger partial charge in [-0.2, -0.15) is 16.7 Å². The molecule has 1 aromatic carbocycles. The number of rotatable bonds is 7. The summed E-state index contributed by atoms with van der Waals surface area (Å²) in [5.74, 6) is 3.11. The third kappa shape index (κ3) is 4.36. The number of hydrogen-bond acceptors (Lipinski definition) is 5. The van der Waals surface area contributed by atoms with E-state index in [1.165, 1.54) is 5.56 Å². The van der Waals surface area contributed by atoms with E-state index in [0.717, 1.165) is 30.2 Å². The summed E-state index contributed by atoms with van der Waals surface area (Å²) >= 11 is 1.77. The zero-order chi connectivity index (χ0) is 13.5. The van der Waals surface area contributed by atoms with Crippen LogP contribution in [0.25, 0.3) is 0 Å². The van der Waals surface area contributed by atoms with Gasteiger partial charge in [0.05, 0.1) is 11.8 Å². The number of aryl methyl sites for hydroxylation is 1. The van der Waals surface area contributed by atoms with Crippen LogP contribution in [-0.2, 0) is 12.2 Å². The van der Waals surface area contributed by atoms with E-state index in [9.17, 15) is 0 Å². The van der Waals surface area contributed by atoms with Crippen molar-refractivity contribution in [3.63, 3.8) is 0 Å². The molecule has 0 saturated carbocycles. The summed E-state index contributed by atoms with van der Waals surface area (Å²) in [5.41, 5.74) is 7.36. The molecular formula is C14H19N3OS. The Balaban J connectivity index is 1.85. The molecule has 5 heteroatoms. The van der Waals surface area contributed by atoms with Crippen LogP contribution in [0.3, 0.4) is 0 Å². The van der Waals surface area contributed by atoms with Gasteiger partial charge in [0.2, 0.25) is 5.89 Å². The molecule has 0 radical (unpaired) electrons. The maximum absolute atomic E-state index is 6.08. The van der Waals surface area contributed by atoms with Crippen LogP contribution in [0.1, 0.15) is 36.7 Å². The molecule has 19 heavy (non-hydrogen) atoms. The third-order valence-electron chi connectivity index (χ3n) is 2.82. The lowest BCUT2D eigenvalue weighted by Crippen LogP contribution is -2.11. The van der Waals surface area contributed by atoms with Gasteiger partial charge in [0.15, 0.2) is 5.82 Å². The lowest BCUT2D eigenvalue weighted by molar-refractivity contribution is 0.346. The molecule has 0 spiro atoms. The van der Waals surface area contributed by atoms with Crippen LogP contribution in [0.2, 0.25) is 0 Å². The average molecular weight is 277 g/mol. The van der Waals surface area contributed by atoms with E-state index in [-0.39, 0.29) is 6.04 Å². The Morgan fingerprint density at radius 3 is 2.84 bits per heavy atom. The smallest absolute Gasteiger partial charge is 0.243 e. The maximum Gasteiger partial charge on any atom is 0.243 e. The van der Waals surface area contributed by atoms with Crippen molar-refractivity contribution >= 4 is 11.8 Å². The van der Waals surface area contributed by atoms with Gasteiger partial charge >= 0.3 is 0 Å². The normalized spacial score (nSPS) is 12.5. The second-order valence-corrected chi connectivity index (χ2v) is 5.59. The molecule has 0 fully saturated rings. The largest absolute Gasteiger partial charge is 0.338 e. The highest BCUT2D eigenvalue weighted by Crippen LogP contribution is 2.16. The van der Waals surface area contributed by atoms with E-state index >= 15 is 0 Å². The van der Waals surface area contributed by atoms with Crippen molar-refractivity contribution in [2.75, 3.05) is 5.75 Å². The van der Waals surface area contributed by atoms with Crippen LogP contribution in [0.4, 0.5) is 0 Å². The maximum atomic E-state index is 6.08. The molecule has 2 aromatic rings. The molecular weight excluding hydrogens is 258 g/mol. The van der Waals surface area contributed by atoms with Crippen molar-refractivity contribution in [3.05, 3.63) is 47.6 Å². The first-order valence-corrected chi connectivity index (χ1v) is 7.64. The molecule has 2 rings (SSSR count). The first-order valence-electron chi connectivity index (χ1n) is 6.49. The Morgan fingerprint density at radius 1 is 1.32 bits per heavy atom. The zero-order valence-electron chi connectivity index (χ0n) is 11.1. The van der Waals surface area contributed by atoms with Gasteiger partial charge in [0.1, 0.15) is 0 Å². The third-order valence-corrected chi connectivity index (χ3v) is 3.69. The Kier molecular flexibility index (Phi) is 5.42. The number of nitrogens with two attached hydrogens (primary N) is 1. The minimum Gasteiger partial charge on any atom is -0.338 e. The highest BCUT2D eigenvalue weighted by atomic mass is 32.2. The van der Waals surface area contributed by atoms with Gasteiger partial charge in [-0.3, -0.25) is 0 Å². The van der Waals surface area contributed by atoms with Crippen LogP contribution in [0.15, 0.2) is 34.9 Å². The topological polar surface area (TPSA) is 64.9 Å². The average Bonchev–Trinajstić information content (AvgIpc) is 2.92. The summed E-state index contributed by atoms with van der Waals surface area (Å²) < 4.78 is 5.21. The number of aromatic nitrogens is 2. The fourth-order valence-corrected chi connectivity index (χ4v) is 2.26. The Labute approximate surface area is 117 Å². The minimum absolute atomic E-state index is 0.187.